The lowest BCUT2D eigenvalue weighted by Gasteiger charge is -2.52. The second kappa shape index (κ2) is 5.30. The molecule has 3 saturated carbocycles. The van der Waals surface area contributed by atoms with Crippen molar-refractivity contribution in [2.75, 3.05) is 0 Å². The van der Waals surface area contributed by atoms with E-state index in [0.717, 1.165) is 5.56 Å². The Labute approximate surface area is 141 Å². The number of fused-ring (bicyclic) bond motifs is 3. The van der Waals surface area contributed by atoms with Crippen molar-refractivity contribution < 1.29 is 13.9 Å². The largest absolute Gasteiger partial charge is 0.503 e. The third-order valence-electron chi connectivity index (χ3n) is 6.47. The highest BCUT2D eigenvalue weighted by atomic mass is 19.1. The Morgan fingerprint density at radius 2 is 1.29 bits per heavy atom. The zero-order chi connectivity index (χ0) is 16.9. The predicted molar refractivity (Wildman–Crippen MR) is 90.9 cm³/mol. The van der Waals surface area contributed by atoms with E-state index in [9.17, 15) is 13.9 Å². The van der Waals surface area contributed by atoms with Gasteiger partial charge in [-0.2, -0.15) is 0 Å². The van der Waals surface area contributed by atoms with Crippen molar-refractivity contribution >= 4 is 0 Å². The maximum absolute atomic E-state index is 13.6. The molecular formula is C21H22F2O. The molecule has 3 aliphatic carbocycles. The number of aromatic hydroxyl groups is 1. The molecule has 3 heteroatoms. The van der Waals surface area contributed by atoms with Crippen LogP contribution in [0.25, 0.3) is 11.1 Å². The first kappa shape index (κ1) is 15.6. The molecule has 0 aromatic heterocycles. The van der Waals surface area contributed by atoms with Gasteiger partial charge in [-0.05, 0) is 78.2 Å². The number of rotatable bonds is 2. The second-order valence-corrected chi connectivity index (χ2v) is 7.96. The van der Waals surface area contributed by atoms with Crippen LogP contribution in [-0.2, 0) is 5.41 Å². The molecule has 0 saturated heterocycles. The van der Waals surface area contributed by atoms with Crippen LogP contribution in [0.4, 0.5) is 8.78 Å². The van der Waals surface area contributed by atoms with E-state index < -0.39 is 17.4 Å². The average Bonchev–Trinajstić information content (AvgIpc) is 2.60. The zero-order valence-corrected chi connectivity index (χ0v) is 13.9. The zero-order valence-electron chi connectivity index (χ0n) is 13.9. The van der Waals surface area contributed by atoms with Gasteiger partial charge in [-0.3, -0.25) is 0 Å². The lowest BCUT2D eigenvalue weighted by molar-refractivity contribution is 0.0556. The quantitative estimate of drug-likeness (QED) is 0.722. The summed E-state index contributed by atoms with van der Waals surface area (Å²) < 4.78 is 27.1. The van der Waals surface area contributed by atoms with Crippen molar-refractivity contribution in [2.24, 2.45) is 5.41 Å². The van der Waals surface area contributed by atoms with E-state index in [-0.39, 0.29) is 0 Å². The molecule has 0 amide bonds. The first-order valence-corrected chi connectivity index (χ1v) is 8.70. The van der Waals surface area contributed by atoms with E-state index >= 15 is 0 Å². The molecule has 0 radical (unpaired) electrons. The van der Waals surface area contributed by atoms with Crippen LogP contribution in [0.2, 0.25) is 0 Å². The summed E-state index contributed by atoms with van der Waals surface area (Å²) in [6, 6.07) is 10.5. The highest BCUT2D eigenvalue weighted by Crippen LogP contribution is 2.57. The molecule has 3 fully saturated rings. The van der Waals surface area contributed by atoms with E-state index in [0.29, 0.717) is 16.4 Å². The minimum atomic E-state index is -0.925. The Hall–Kier alpha value is -1.90. The van der Waals surface area contributed by atoms with E-state index in [1.54, 1.807) is 0 Å². The van der Waals surface area contributed by atoms with Gasteiger partial charge in [0.15, 0.2) is 17.4 Å². The van der Waals surface area contributed by atoms with Crippen molar-refractivity contribution in [2.45, 2.75) is 50.9 Å². The summed E-state index contributed by atoms with van der Waals surface area (Å²) in [6.07, 6.45) is 7.61. The molecule has 126 valence electrons. The van der Waals surface area contributed by atoms with Gasteiger partial charge in [0.05, 0.1) is 0 Å². The molecule has 2 aromatic carbocycles. The maximum Gasteiger partial charge on any atom is 0.187 e. The number of phenolic OH excluding ortho intramolecular Hbond substituents is 1. The first-order valence-electron chi connectivity index (χ1n) is 8.70. The van der Waals surface area contributed by atoms with Gasteiger partial charge in [0, 0.05) is 0 Å². The maximum atomic E-state index is 13.6. The Morgan fingerprint density at radius 3 is 1.79 bits per heavy atom. The highest BCUT2D eigenvalue weighted by molar-refractivity contribution is 5.65. The fourth-order valence-electron chi connectivity index (χ4n) is 4.55. The molecule has 0 aliphatic heterocycles. The van der Waals surface area contributed by atoms with E-state index in [1.807, 2.05) is 12.1 Å². The summed E-state index contributed by atoms with van der Waals surface area (Å²) in [5, 5.41) is 9.23. The molecule has 0 heterocycles. The van der Waals surface area contributed by atoms with Gasteiger partial charge >= 0.3 is 0 Å². The monoisotopic (exact) mass is 328 g/mol. The van der Waals surface area contributed by atoms with Gasteiger partial charge in [-0.25, -0.2) is 8.78 Å². The molecule has 24 heavy (non-hydrogen) atoms. The van der Waals surface area contributed by atoms with Crippen LogP contribution in [0.5, 0.6) is 5.75 Å². The van der Waals surface area contributed by atoms with Gasteiger partial charge in [0.1, 0.15) is 0 Å². The van der Waals surface area contributed by atoms with Crippen LogP contribution < -0.4 is 0 Å². The average molecular weight is 328 g/mol. The molecule has 0 unspecified atom stereocenters. The van der Waals surface area contributed by atoms with Crippen molar-refractivity contribution in [1.82, 2.24) is 0 Å². The Morgan fingerprint density at radius 1 is 0.792 bits per heavy atom. The molecular weight excluding hydrogens is 306 g/mol. The van der Waals surface area contributed by atoms with Crippen LogP contribution in [0.1, 0.15) is 51.0 Å². The number of hydrogen-bond acceptors (Lipinski definition) is 1. The van der Waals surface area contributed by atoms with E-state index in [2.05, 4.69) is 19.1 Å². The number of phenols is 1. The van der Waals surface area contributed by atoms with Gasteiger partial charge in [-0.15, -0.1) is 0 Å². The summed E-state index contributed by atoms with van der Waals surface area (Å²) >= 11 is 0. The number of halogens is 2. The second-order valence-electron chi connectivity index (χ2n) is 7.96. The van der Waals surface area contributed by atoms with Crippen molar-refractivity contribution in [1.29, 1.82) is 0 Å². The third-order valence-corrected chi connectivity index (χ3v) is 6.47. The predicted octanol–water partition coefficient (Wildman–Crippen LogP) is 5.95. The van der Waals surface area contributed by atoms with Crippen molar-refractivity contribution in [3.8, 4) is 16.9 Å². The fourth-order valence-corrected chi connectivity index (χ4v) is 4.55. The van der Waals surface area contributed by atoms with Crippen molar-refractivity contribution in [3.63, 3.8) is 0 Å². The van der Waals surface area contributed by atoms with Gasteiger partial charge in [0.25, 0.3) is 0 Å². The highest BCUT2D eigenvalue weighted by Gasteiger charge is 2.46. The number of benzene rings is 2. The molecule has 0 spiro atoms. The fraction of sp³-hybridized carbons (Fsp3) is 0.429. The topological polar surface area (TPSA) is 20.2 Å². The molecule has 5 rings (SSSR count). The third kappa shape index (κ3) is 2.42. The molecule has 3 aliphatic rings. The standard InChI is InChI=1S/C21H22F2O/c1-20-6-9-21(10-7-20,11-8-20)16-4-2-14(3-5-16)15-12-17(22)19(24)18(23)13-15/h2-5,12-13,24H,6-11H2,1H3. The SMILES string of the molecule is CC12CCC(c3ccc(-c4cc(F)c(O)c(F)c4)cc3)(CC1)CC2. The first-order chi connectivity index (χ1) is 11.4. The smallest absolute Gasteiger partial charge is 0.187 e. The Bertz CT molecular complexity index is 731. The molecule has 1 nitrogen and oxygen atoms in total. The minimum absolute atomic E-state index is 0.293. The van der Waals surface area contributed by atoms with Gasteiger partial charge < -0.3 is 5.11 Å². The molecule has 1 N–H and O–H groups in total. The summed E-state index contributed by atoms with van der Waals surface area (Å²) in [4.78, 5) is 0. The van der Waals surface area contributed by atoms with Gasteiger partial charge in [-0.1, -0.05) is 31.2 Å². The van der Waals surface area contributed by atoms with E-state index in [1.165, 1.54) is 56.2 Å². The van der Waals surface area contributed by atoms with Crippen LogP contribution in [0.3, 0.4) is 0 Å². The molecule has 2 bridgehead atoms. The lowest BCUT2D eigenvalue weighted by Crippen LogP contribution is -2.42. The molecule has 0 atom stereocenters. The van der Waals surface area contributed by atoms with Gasteiger partial charge in [0.2, 0.25) is 0 Å². The Kier molecular flexibility index (Phi) is 3.45. The van der Waals surface area contributed by atoms with Crippen LogP contribution in [0.15, 0.2) is 36.4 Å². The lowest BCUT2D eigenvalue weighted by atomic mass is 9.52. The Balaban J connectivity index is 1.64. The summed E-state index contributed by atoms with van der Waals surface area (Å²) in [6.45, 7) is 2.41. The summed E-state index contributed by atoms with van der Waals surface area (Å²) in [5.74, 6) is -2.76. The van der Waals surface area contributed by atoms with Crippen LogP contribution in [-0.4, -0.2) is 5.11 Å². The number of hydrogen-bond donors (Lipinski definition) is 1. The van der Waals surface area contributed by atoms with Crippen LogP contribution in [0, 0.1) is 17.0 Å². The van der Waals surface area contributed by atoms with Crippen molar-refractivity contribution in [3.05, 3.63) is 53.6 Å². The summed E-state index contributed by atoms with van der Waals surface area (Å²) in [7, 11) is 0. The summed E-state index contributed by atoms with van der Waals surface area (Å²) in [5.41, 5.74) is 3.41. The minimum Gasteiger partial charge on any atom is -0.503 e. The van der Waals surface area contributed by atoms with E-state index in [4.69, 9.17) is 0 Å². The molecule has 2 aromatic rings. The van der Waals surface area contributed by atoms with Crippen LogP contribution >= 0.6 is 0 Å². The normalized spacial score (nSPS) is 29.0.